The van der Waals surface area contributed by atoms with Crippen molar-refractivity contribution < 1.29 is 22.5 Å². The maximum atomic E-state index is 5.36. The van der Waals surface area contributed by atoms with Crippen molar-refractivity contribution in [3.05, 3.63) is 36.5 Å². The molecule has 3 nitrogen and oxygen atoms in total. The van der Waals surface area contributed by atoms with E-state index in [4.69, 9.17) is 5.73 Å². The summed E-state index contributed by atoms with van der Waals surface area (Å²) in [5.41, 5.74) is 6.18. The number of hydrogen-bond acceptors (Lipinski definition) is 1. The number of para-hydroxylation sites is 1. The minimum Gasteiger partial charge on any atom is -2.00 e. The standard InChI is InChI=1S/C6H7N.Fe.H2N.O/c7-6-4-2-1-3-5-6;;;/h1-5H,7H2;;1H2;/q;+3;-1;-2. The first-order valence-electron chi connectivity index (χ1n) is 2.20. The molecule has 0 aliphatic heterocycles. The van der Waals surface area contributed by atoms with Crippen LogP contribution in [0.3, 0.4) is 0 Å². The molecule has 0 heterocycles. The van der Waals surface area contributed by atoms with Gasteiger partial charge in [0.2, 0.25) is 0 Å². The Kier molecular flexibility index (Phi) is 13.7. The summed E-state index contributed by atoms with van der Waals surface area (Å²) < 4.78 is 0. The van der Waals surface area contributed by atoms with Gasteiger partial charge in [-0.3, -0.25) is 0 Å². The maximum absolute atomic E-state index is 5.36. The number of benzene rings is 1. The fourth-order valence-electron chi connectivity index (χ4n) is 0.453. The second-order valence-electron chi connectivity index (χ2n) is 1.41. The van der Waals surface area contributed by atoms with Crippen LogP contribution in [0.2, 0.25) is 0 Å². The van der Waals surface area contributed by atoms with Gasteiger partial charge in [-0.1, -0.05) is 18.2 Å². The fraction of sp³-hybridized carbons (Fsp3) is 0. The molecule has 0 saturated heterocycles. The van der Waals surface area contributed by atoms with E-state index in [0.29, 0.717) is 0 Å². The average Bonchev–Trinajstić information content (AvgIpc) is 1.69. The third-order valence-electron chi connectivity index (χ3n) is 0.800. The monoisotopic (exact) mass is 181 g/mol. The van der Waals surface area contributed by atoms with Crippen molar-refractivity contribution >= 4 is 5.69 Å². The van der Waals surface area contributed by atoms with Gasteiger partial charge in [0.25, 0.3) is 0 Å². The van der Waals surface area contributed by atoms with Gasteiger partial charge in [-0.2, -0.15) is 0 Å². The van der Waals surface area contributed by atoms with Crippen LogP contribution < -0.4 is 5.73 Å². The van der Waals surface area contributed by atoms with Gasteiger partial charge in [0, 0.05) is 5.69 Å². The number of anilines is 1. The van der Waals surface area contributed by atoms with Crippen LogP contribution in [0.1, 0.15) is 0 Å². The van der Waals surface area contributed by atoms with Crippen LogP contribution in [0.25, 0.3) is 6.15 Å². The summed E-state index contributed by atoms with van der Waals surface area (Å²) in [7, 11) is 0. The SMILES string of the molecule is Nc1ccccc1.[Fe+3].[NH2-].[O-2]. The van der Waals surface area contributed by atoms with Crippen LogP contribution >= 0.6 is 0 Å². The van der Waals surface area contributed by atoms with Crippen molar-refractivity contribution in [1.82, 2.24) is 0 Å². The van der Waals surface area contributed by atoms with Crippen LogP contribution in [0.5, 0.6) is 0 Å². The third-order valence-corrected chi connectivity index (χ3v) is 0.800. The van der Waals surface area contributed by atoms with Gasteiger partial charge in [-0.25, -0.2) is 0 Å². The van der Waals surface area contributed by atoms with Crippen LogP contribution in [0.4, 0.5) is 5.69 Å². The number of nitrogens with two attached hydrogens (primary N) is 2. The van der Waals surface area contributed by atoms with Crippen LogP contribution in [0, 0.1) is 0 Å². The van der Waals surface area contributed by atoms with E-state index in [2.05, 4.69) is 0 Å². The van der Waals surface area contributed by atoms with E-state index in [1.807, 2.05) is 30.3 Å². The van der Waals surface area contributed by atoms with Gasteiger partial charge in [-0.05, 0) is 12.1 Å². The number of hydrogen-bond donors (Lipinski definition) is 1. The molecule has 57 valence electrons. The summed E-state index contributed by atoms with van der Waals surface area (Å²) in [6, 6.07) is 9.49. The largest absolute Gasteiger partial charge is 3.00 e. The summed E-state index contributed by atoms with van der Waals surface area (Å²) in [6.45, 7) is 0. The van der Waals surface area contributed by atoms with Crippen molar-refractivity contribution in [2.75, 3.05) is 5.73 Å². The Balaban J connectivity index is -0.000000163. The van der Waals surface area contributed by atoms with Crippen molar-refractivity contribution in [1.29, 1.82) is 0 Å². The van der Waals surface area contributed by atoms with Gasteiger partial charge in [0.1, 0.15) is 0 Å². The van der Waals surface area contributed by atoms with E-state index < -0.39 is 0 Å². The van der Waals surface area contributed by atoms with Crippen LogP contribution in [-0.4, -0.2) is 0 Å². The van der Waals surface area contributed by atoms with Crippen molar-refractivity contribution in [3.63, 3.8) is 0 Å². The molecule has 0 spiro atoms. The van der Waals surface area contributed by atoms with Gasteiger partial charge in [0.15, 0.2) is 0 Å². The second kappa shape index (κ2) is 8.46. The Hall–Kier alpha value is -0.541. The molecule has 4 N–H and O–H groups in total. The molecule has 0 amide bonds. The van der Waals surface area contributed by atoms with E-state index in [-0.39, 0.29) is 28.7 Å². The molecule has 0 aromatic heterocycles. The predicted octanol–water partition coefficient (Wildman–Crippen LogP) is 1.86. The summed E-state index contributed by atoms with van der Waals surface area (Å²) in [5, 5.41) is 0. The van der Waals surface area contributed by atoms with E-state index in [9.17, 15) is 0 Å². The Labute approximate surface area is 71.0 Å². The molecule has 0 saturated carbocycles. The number of nitrogen functional groups attached to an aromatic ring is 1. The molecule has 0 unspecified atom stereocenters. The van der Waals surface area contributed by atoms with Gasteiger partial charge in [-0.15, -0.1) is 0 Å². The Bertz CT molecular complexity index is 146. The molecule has 1 rings (SSSR count). The zero-order valence-corrected chi connectivity index (χ0v) is 6.41. The summed E-state index contributed by atoms with van der Waals surface area (Å²) in [5.74, 6) is 0. The first-order valence-corrected chi connectivity index (χ1v) is 2.20. The third kappa shape index (κ3) is 5.59. The molecule has 1 aromatic carbocycles. The van der Waals surface area contributed by atoms with E-state index >= 15 is 0 Å². The van der Waals surface area contributed by atoms with Gasteiger partial charge in [0.05, 0.1) is 0 Å². The molecule has 0 fully saturated rings. The smallest absolute Gasteiger partial charge is 2.00 e. The molecule has 10 heavy (non-hydrogen) atoms. The molecule has 1 aromatic rings. The minimum absolute atomic E-state index is 0. The molecule has 4 heteroatoms. The molecule has 0 aliphatic rings. The van der Waals surface area contributed by atoms with Crippen molar-refractivity contribution in [2.45, 2.75) is 0 Å². The molecule has 0 aliphatic carbocycles. The van der Waals surface area contributed by atoms with E-state index in [1.54, 1.807) is 0 Å². The van der Waals surface area contributed by atoms with Crippen molar-refractivity contribution in [3.8, 4) is 0 Å². The topological polar surface area (TPSA) is 88.0 Å². The van der Waals surface area contributed by atoms with Gasteiger partial charge < -0.3 is 17.4 Å². The molecule has 0 atom stereocenters. The molecular formula is C6H9FeN2O. The Morgan fingerprint density at radius 1 is 1.00 bits per heavy atom. The molecule has 0 bridgehead atoms. The normalized spacial score (nSPS) is 6.00. The fourth-order valence-corrected chi connectivity index (χ4v) is 0.453. The Morgan fingerprint density at radius 2 is 1.40 bits per heavy atom. The zero-order chi connectivity index (χ0) is 5.11. The predicted molar refractivity (Wildman–Crippen MR) is 36.8 cm³/mol. The van der Waals surface area contributed by atoms with E-state index in [1.165, 1.54) is 0 Å². The molecule has 1 radical (unpaired) electrons. The van der Waals surface area contributed by atoms with Crippen molar-refractivity contribution in [2.24, 2.45) is 0 Å². The minimum atomic E-state index is 0. The zero-order valence-electron chi connectivity index (χ0n) is 5.30. The summed E-state index contributed by atoms with van der Waals surface area (Å²) >= 11 is 0. The number of rotatable bonds is 0. The summed E-state index contributed by atoms with van der Waals surface area (Å²) in [6.07, 6.45) is 0. The van der Waals surface area contributed by atoms with Crippen LogP contribution in [0.15, 0.2) is 30.3 Å². The van der Waals surface area contributed by atoms with Crippen LogP contribution in [-0.2, 0) is 22.5 Å². The molecular weight excluding hydrogens is 172 g/mol. The Morgan fingerprint density at radius 3 is 1.60 bits per heavy atom. The first-order chi connectivity index (χ1) is 3.39. The van der Waals surface area contributed by atoms with E-state index in [0.717, 1.165) is 5.69 Å². The van der Waals surface area contributed by atoms with Gasteiger partial charge >= 0.3 is 17.1 Å². The quantitative estimate of drug-likeness (QED) is 0.480. The second-order valence-corrected chi connectivity index (χ2v) is 1.41. The summed E-state index contributed by atoms with van der Waals surface area (Å²) in [4.78, 5) is 0. The first kappa shape index (κ1) is 16.2. The maximum Gasteiger partial charge on any atom is 3.00 e. The average molecular weight is 181 g/mol.